The molecule has 1 aliphatic heterocycles. The summed E-state index contributed by atoms with van der Waals surface area (Å²) in [5.74, 6) is 0.699. The van der Waals surface area contributed by atoms with Gasteiger partial charge < -0.3 is 4.90 Å². The molecule has 1 aliphatic rings. The number of hydrogen-bond donors (Lipinski definition) is 0. The monoisotopic (exact) mass is 254 g/mol. The molecule has 0 bridgehead atoms. The molecular formula is C12H15ClN2O2. The van der Waals surface area contributed by atoms with E-state index in [0.717, 1.165) is 25.9 Å². The van der Waals surface area contributed by atoms with Crippen molar-refractivity contribution in [2.75, 3.05) is 18.0 Å². The van der Waals surface area contributed by atoms with Gasteiger partial charge in [0.2, 0.25) is 0 Å². The van der Waals surface area contributed by atoms with Gasteiger partial charge in [0.15, 0.2) is 0 Å². The summed E-state index contributed by atoms with van der Waals surface area (Å²) in [6.07, 6.45) is 2.15. The van der Waals surface area contributed by atoms with Gasteiger partial charge in [-0.3, -0.25) is 10.1 Å². The summed E-state index contributed by atoms with van der Waals surface area (Å²) >= 11 is 5.92. The Morgan fingerprint density at radius 3 is 2.65 bits per heavy atom. The zero-order chi connectivity index (χ0) is 12.4. The largest absolute Gasteiger partial charge is 0.366 e. The molecular weight excluding hydrogens is 240 g/mol. The van der Waals surface area contributed by atoms with Crippen LogP contribution in [0.15, 0.2) is 18.2 Å². The van der Waals surface area contributed by atoms with E-state index in [1.807, 2.05) is 0 Å². The van der Waals surface area contributed by atoms with Crippen LogP contribution in [0.5, 0.6) is 0 Å². The van der Waals surface area contributed by atoms with E-state index in [9.17, 15) is 10.1 Å². The van der Waals surface area contributed by atoms with Crippen molar-refractivity contribution in [3.63, 3.8) is 0 Å². The zero-order valence-corrected chi connectivity index (χ0v) is 10.5. The molecule has 4 nitrogen and oxygen atoms in total. The highest BCUT2D eigenvalue weighted by Gasteiger charge is 2.23. The van der Waals surface area contributed by atoms with E-state index in [4.69, 9.17) is 11.6 Å². The molecule has 1 aromatic carbocycles. The maximum absolute atomic E-state index is 11.0. The van der Waals surface area contributed by atoms with Crippen LogP contribution < -0.4 is 4.90 Å². The molecule has 1 aromatic rings. The first-order valence-electron chi connectivity index (χ1n) is 5.77. The van der Waals surface area contributed by atoms with Crippen LogP contribution in [-0.4, -0.2) is 18.0 Å². The number of hydrogen-bond acceptors (Lipinski definition) is 3. The van der Waals surface area contributed by atoms with E-state index in [-0.39, 0.29) is 10.6 Å². The zero-order valence-electron chi connectivity index (χ0n) is 9.73. The van der Waals surface area contributed by atoms with Gasteiger partial charge in [-0.25, -0.2) is 0 Å². The Morgan fingerprint density at radius 2 is 2.06 bits per heavy atom. The van der Waals surface area contributed by atoms with Gasteiger partial charge in [-0.15, -0.1) is 0 Å². The molecule has 0 aliphatic carbocycles. The van der Waals surface area contributed by atoms with E-state index in [1.165, 1.54) is 6.07 Å². The predicted octanol–water partition coefficient (Wildman–Crippen LogP) is 3.48. The topological polar surface area (TPSA) is 46.4 Å². The first kappa shape index (κ1) is 12.2. The molecule has 0 spiro atoms. The Kier molecular flexibility index (Phi) is 3.52. The van der Waals surface area contributed by atoms with Crippen LogP contribution in [0.2, 0.25) is 5.02 Å². The van der Waals surface area contributed by atoms with Crippen LogP contribution in [-0.2, 0) is 0 Å². The van der Waals surface area contributed by atoms with Crippen LogP contribution in [0.25, 0.3) is 0 Å². The molecule has 1 heterocycles. The minimum atomic E-state index is -0.344. The van der Waals surface area contributed by atoms with E-state index in [1.54, 1.807) is 12.1 Å². The van der Waals surface area contributed by atoms with Gasteiger partial charge in [0.05, 0.1) is 4.92 Å². The van der Waals surface area contributed by atoms with Crippen molar-refractivity contribution >= 4 is 23.0 Å². The van der Waals surface area contributed by atoms with Gasteiger partial charge in [-0.1, -0.05) is 18.5 Å². The van der Waals surface area contributed by atoms with Crippen molar-refractivity contribution in [1.29, 1.82) is 0 Å². The second-order valence-electron chi connectivity index (χ2n) is 4.56. The van der Waals surface area contributed by atoms with Crippen LogP contribution >= 0.6 is 11.6 Å². The van der Waals surface area contributed by atoms with Crippen molar-refractivity contribution in [3.8, 4) is 0 Å². The minimum Gasteiger partial charge on any atom is -0.366 e. The fourth-order valence-electron chi connectivity index (χ4n) is 2.15. The second-order valence-corrected chi connectivity index (χ2v) is 5.00. The van der Waals surface area contributed by atoms with Crippen molar-refractivity contribution in [2.45, 2.75) is 19.8 Å². The lowest BCUT2D eigenvalue weighted by Gasteiger charge is -2.31. The van der Waals surface area contributed by atoms with Crippen LogP contribution in [0.4, 0.5) is 11.4 Å². The molecule has 0 unspecified atom stereocenters. The molecule has 5 heteroatoms. The third kappa shape index (κ3) is 2.69. The molecule has 0 amide bonds. The van der Waals surface area contributed by atoms with Crippen molar-refractivity contribution in [1.82, 2.24) is 0 Å². The average Bonchev–Trinajstić information content (AvgIpc) is 2.29. The fourth-order valence-corrected chi connectivity index (χ4v) is 2.32. The third-order valence-electron chi connectivity index (χ3n) is 3.26. The summed E-state index contributed by atoms with van der Waals surface area (Å²) in [7, 11) is 0. The molecule has 0 N–H and O–H groups in total. The van der Waals surface area contributed by atoms with E-state index in [2.05, 4.69) is 11.8 Å². The van der Waals surface area contributed by atoms with E-state index in [0.29, 0.717) is 16.6 Å². The normalized spacial score (nSPS) is 17.2. The number of benzene rings is 1. The molecule has 1 fully saturated rings. The summed E-state index contributed by atoms with van der Waals surface area (Å²) in [4.78, 5) is 12.7. The summed E-state index contributed by atoms with van der Waals surface area (Å²) in [6, 6.07) is 4.74. The molecule has 2 rings (SSSR count). The first-order valence-corrected chi connectivity index (χ1v) is 6.14. The number of halogens is 1. The predicted molar refractivity (Wildman–Crippen MR) is 68.7 cm³/mol. The van der Waals surface area contributed by atoms with Crippen molar-refractivity contribution in [3.05, 3.63) is 33.3 Å². The van der Waals surface area contributed by atoms with Gasteiger partial charge in [-0.2, -0.15) is 0 Å². The second kappa shape index (κ2) is 4.92. The smallest absolute Gasteiger partial charge is 0.292 e. The lowest BCUT2D eigenvalue weighted by atomic mass is 9.98. The highest BCUT2D eigenvalue weighted by atomic mass is 35.5. The number of nitro benzene ring substituents is 1. The average molecular weight is 255 g/mol. The lowest BCUT2D eigenvalue weighted by molar-refractivity contribution is -0.384. The number of nitrogens with zero attached hydrogens (tertiary/aromatic N) is 2. The van der Waals surface area contributed by atoms with Crippen LogP contribution in [0, 0.1) is 16.0 Å². The number of piperidine rings is 1. The third-order valence-corrected chi connectivity index (χ3v) is 3.49. The number of nitro groups is 1. The van der Waals surface area contributed by atoms with Gasteiger partial charge in [0, 0.05) is 24.2 Å². The van der Waals surface area contributed by atoms with Gasteiger partial charge in [0.25, 0.3) is 5.69 Å². The fraction of sp³-hybridized carbons (Fsp3) is 0.500. The van der Waals surface area contributed by atoms with E-state index < -0.39 is 0 Å². The summed E-state index contributed by atoms with van der Waals surface area (Å²) < 4.78 is 0. The van der Waals surface area contributed by atoms with Gasteiger partial charge >= 0.3 is 0 Å². The molecule has 0 saturated carbocycles. The van der Waals surface area contributed by atoms with Crippen LogP contribution in [0.1, 0.15) is 19.8 Å². The quantitative estimate of drug-likeness (QED) is 0.600. The summed E-state index contributed by atoms with van der Waals surface area (Å²) in [6.45, 7) is 3.94. The number of anilines is 1. The Balaban J connectivity index is 2.30. The molecule has 0 atom stereocenters. The number of rotatable bonds is 2. The standard InChI is InChI=1S/C12H15ClN2O2/c1-9-4-6-14(7-5-9)12-8-10(13)2-3-11(12)15(16)17/h2-3,8-9H,4-7H2,1H3. The molecule has 92 valence electrons. The Labute approximate surface area is 105 Å². The molecule has 0 aromatic heterocycles. The molecule has 17 heavy (non-hydrogen) atoms. The highest BCUT2D eigenvalue weighted by Crippen LogP contribution is 2.33. The maximum Gasteiger partial charge on any atom is 0.292 e. The Bertz CT molecular complexity index is 429. The van der Waals surface area contributed by atoms with Crippen molar-refractivity contribution in [2.24, 2.45) is 5.92 Å². The lowest BCUT2D eigenvalue weighted by Crippen LogP contribution is -2.33. The SMILES string of the molecule is CC1CCN(c2cc(Cl)ccc2[N+](=O)[O-])CC1. The van der Waals surface area contributed by atoms with Gasteiger partial charge in [-0.05, 0) is 30.9 Å². The Morgan fingerprint density at radius 1 is 1.41 bits per heavy atom. The summed E-state index contributed by atoms with van der Waals surface area (Å²) in [5, 5.41) is 11.5. The maximum atomic E-state index is 11.0. The first-order chi connectivity index (χ1) is 8.08. The molecule has 1 saturated heterocycles. The Hall–Kier alpha value is -1.29. The van der Waals surface area contributed by atoms with E-state index >= 15 is 0 Å². The van der Waals surface area contributed by atoms with Crippen LogP contribution in [0.3, 0.4) is 0 Å². The van der Waals surface area contributed by atoms with Gasteiger partial charge in [0.1, 0.15) is 5.69 Å². The summed E-state index contributed by atoms with van der Waals surface area (Å²) in [5.41, 5.74) is 0.790. The van der Waals surface area contributed by atoms with Crippen molar-refractivity contribution < 1.29 is 4.92 Å². The molecule has 0 radical (unpaired) electrons. The highest BCUT2D eigenvalue weighted by molar-refractivity contribution is 6.31. The minimum absolute atomic E-state index is 0.143.